The van der Waals surface area contributed by atoms with E-state index < -0.39 is 17.6 Å². The summed E-state index contributed by atoms with van der Waals surface area (Å²) >= 11 is 0. The number of carbonyl (C=O) groups excluding carboxylic acids is 1. The molecule has 6 nitrogen and oxygen atoms in total. The Kier molecular flexibility index (Phi) is 5.83. The number of piperazine rings is 1. The lowest BCUT2D eigenvalue weighted by Crippen LogP contribution is -2.55. The highest BCUT2D eigenvalue weighted by Crippen LogP contribution is 2.15. The number of carboxylic acids is 1. The van der Waals surface area contributed by atoms with E-state index in [2.05, 4.69) is 0 Å². The highest BCUT2D eigenvalue weighted by atomic mass is 16.6. The predicted octanol–water partition coefficient (Wildman–Crippen LogP) is 2.24. The Hall–Kier alpha value is -2.08. The molecule has 132 valence electrons. The van der Waals surface area contributed by atoms with Gasteiger partial charge in [-0.3, -0.25) is 9.69 Å². The third-order valence-corrected chi connectivity index (χ3v) is 3.96. The van der Waals surface area contributed by atoms with Crippen molar-refractivity contribution >= 4 is 12.1 Å². The van der Waals surface area contributed by atoms with Crippen LogP contribution in [0.2, 0.25) is 0 Å². The number of nitrogens with zero attached hydrogens (tertiary/aromatic N) is 2. The number of benzene rings is 1. The number of rotatable bonds is 4. The maximum absolute atomic E-state index is 12.1. The minimum absolute atomic E-state index is 0.336. The highest BCUT2D eigenvalue weighted by molar-refractivity contribution is 5.74. The van der Waals surface area contributed by atoms with Gasteiger partial charge in [0.25, 0.3) is 0 Å². The monoisotopic (exact) mass is 334 g/mol. The summed E-state index contributed by atoms with van der Waals surface area (Å²) in [5, 5.41) is 9.57. The van der Waals surface area contributed by atoms with Gasteiger partial charge in [0.15, 0.2) is 0 Å². The third kappa shape index (κ3) is 5.23. The first-order valence-electron chi connectivity index (χ1n) is 8.25. The second-order valence-electron chi connectivity index (χ2n) is 7.05. The van der Waals surface area contributed by atoms with Crippen LogP contribution in [0.25, 0.3) is 0 Å². The van der Waals surface area contributed by atoms with Crippen molar-refractivity contribution in [1.29, 1.82) is 0 Å². The van der Waals surface area contributed by atoms with Gasteiger partial charge in [0.1, 0.15) is 11.6 Å². The molecule has 6 heteroatoms. The summed E-state index contributed by atoms with van der Waals surface area (Å²) in [6.07, 6.45) is 0.125. The molecule has 0 aromatic heterocycles. The molecule has 24 heavy (non-hydrogen) atoms. The molecular weight excluding hydrogens is 308 g/mol. The summed E-state index contributed by atoms with van der Waals surface area (Å²) in [6, 6.07) is 9.04. The predicted molar refractivity (Wildman–Crippen MR) is 90.9 cm³/mol. The van der Waals surface area contributed by atoms with Crippen molar-refractivity contribution in [3.63, 3.8) is 0 Å². The van der Waals surface area contributed by atoms with E-state index in [0.29, 0.717) is 32.6 Å². The lowest BCUT2D eigenvalue weighted by atomic mass is 10.0. The van der Waals surface area contributed by atoms with Crippen molar-refractivity contribution in [2.24, 2.45) is 0 Å². The molecule has 0 radical (unpaired) electrons. The molecule has 0 aliphatic carbocycles. The third-order valence-electron chi connectivity index (χ3n) is 3.96. The van der Waals surface area contributed by atoms with Crippen LogP contribution in [0.1, 0.15) is 26.3 Å². The smallest absolute Gasteiger partial charge is 0.410 e. The SMILES string of the molecule is CC(C)(C)OC(=O)N1CCN([C@@H](Cc2ccccc2)C(=O)O)CC1. The largest absolute Gasteiger partial charge is 0.480 e. The quantitative estimate of drug-likeness (QED) is 0.914. The summed E-state index contributed by atoms with van der Waals surface area (Å²) in [5.74, 6) is -0.829. The van der Waals surface area contributed by atoms with Crippen LogP contribution in [0.5, 0.6) is 0 Å². The maximum Gasteiger partial charge on any atom is 0.410 e. The number of amides is 1. The van der Waals surface area contributed by atoms with Gasteiger partial charge in [0.2, 0.25) is 0 Å². The molecule has 0 bridgehead atoms. The molecule has 0 spiro atoms. The van der Waals surface area contributed by atoms with E-state index in [1.54, 1.807) is 4.90 Å². The molecule has 1 N–H and O–H groups in total. The molecule has 0 saturated carbocycles. The van der Waals surface area contributed by atoms with Crippen molar-refractivity contribution < 1.29 is 19.4 Å². The minimum atomic E-state index is -0.829. The average Bonchev–Trinajstić information content (AvgIpc) is 2.52. The normalized spacial score (nSPS) is 17.4. The van der Waals surface area contributed by atoms with Gasteiger partial charge >= 0.3 is 12.1 Å². The fourth-order valence-electron chi connectivity index (χ4n) is 2.75. The standard InChI is InChI=1S/C18H26N2O4/c1-18(2,3)24-17(23)20-11-9-19(10-12-20)15(16(21)22)13-14-7-5-4-6-8-14/h4-8,15H,9-13H2,1-3H3,(H,21,22)/t15-/m0/s1. The Morgan fingerprint density at radius 2 is 1.71 bits per heavy atom. The lowest BCUT2D eigenvalue weighted by molar-refractivity contribution is -0.143. The second kappa shape index (κ2) is 7.66. The molecular formula is C18H26N2O4. The molecule has 2 rings (SSSR count). The fourth-order valence-corrected chi connectivity index (χ4v) is 2.75. The van der Waals surface area contributed by atoms with Crippen LogP contribution in [0, 0.1) is 0 Å². The zero-order valence-electron chi connectivity index (χ0n) is 14.6. The van der Waals surface area contributed by atoms with Gasteiger partial charge in [-0.2, -0.15) is 0 Å². The van der Waals surface area contributed by atoms with Crippen LogP contribution >= 0.6 is 0 Å². The van der Waals surface area contributed by atoms with Crippen LogP contribution < -0.4 is 0 Å². The molecule has 1 saturated heterocycles. The van der Waals surface area contributed by atoms with E-state index in [1.165, 1.54) is 0 Å². The molecule has 1 atom stereocenters. The summed E-state index contributed by atoms with van der Waals surface area (Å²) in [6.45, 7) is 7.53. The molecule has 0 unspecified atom stereocenters. The number of aliphatic carboxylic acids is 1. The van der Waals surface area contributed by atoms with E-state index in [1.807, 2.05) is 56.0 Å². The van der Waals surface area contributed by atoms with E-state index in [0.717, 1.165) is 5.56 Å². The van der Waals surface area contributed by atoms with Crippen LogP contribution in [-0.4, -0.2) is 64.8 Å². The van der Waals surface area contributed by atoms with Gasteiger partial charge < -0.3 is 14.7 Å². The summed E-state index contributed by atoms with van der Waals surface area (Å²) in [7, 11) is 0. The minimum Gasteiger partial charge on any atom is -0.480 e. The molecule has 1 aromatic carbocycles. The molecule has 1 amide bonds. The topological polar surface area (TPSA) is 70.1 Å². The maximum atomic E-state index is 12.1. The molecule has 1 aliphatic rings. The summed E-state index contributed by atoms with van der Waals surface area (Å²) in [5.41, 5.74) is 0.477. The van der Waals surface area contributed by atoms with Crippen molar-refractivity contribution in [2.75, 3.05) is 26.2 Å². The van der Waals surface area contributed by atoms with Crippen molar-refractivity contribution in [3.8, 4) is 0 Å². The van der Waals surface area contributed by atoms with E-state index in [9.17, 15) is 14.7 Å². The molecule has 1 fully saturated rings. The van der Waals surface area contributed by atoms with E-state index >= 15 is 0 Å². The Balaban J connectivity index is 1.93. The van der Waals surface area contributed by atoms with Crippen molar-refractivity contribution in [3.05, 3.63) is 35.9 Å². The highest BCUT2D eigenvalue weighted by Gasteiger charge is 2.31. The van der Waals surface area contributed by atoms with Crippen LogP contribution in [0.15, 0.2) is 30.3 Å². The van der Waals surface area contributed by atoms with Gasteiger partial charge in [-0.15, -0.1) is 0 Å². The lowest BCUT2D eigenvalue weighted by Gasteiger charge is -2.38. The first-order chi connectivity index (χ1) is 11.3. The fraction of sp³-hybridized carbons (Fsp3) is 0.556. The number of hydrogen-bond donors (Lipinski definition) is 1. The molecule has 1 heterocycles. The van der Waals surface area contributed by atoms with Gasteiger partial charge in [-0.05, 0) is 32.8 Å². The Labute approximate surface area is 143 Å². The number of carbonyl (C=O) groups is 2. The van der Waals surface area contributed by atoms with Gasteiger partial charge in [0, 0.05) is 26.2 Å². The van der Waals surface area contributed by atoms with Gasteiger partial charge in [0.05, 0.1) is 0 Å². The van der Waals surface area contributed by atoms with Crippen LogP contribution in [0.4, 0.5) is 4.79 Å². The Morgan fingerprint density at radius 1 is 1.12 bits per heavy atom. The van der Waals surface area contributed by atoms with Crippen molar-refractivity contribution in [1.82, 2.24) is 9.80 Å². The van der Waals surface area contributed by atoms with Crippen molar-refractivity contribution in [2.45, 2.75) is 38.8 Å². The zero-order valence-corrected chi connectivity index (χ0v) is 14.6. The number of hydrogen-bond acceptors (Lipinski definition) is 4. The zero-order chi connectivity index (χ0) is 17.7. The number of carboxylic acid groups (broad SMARTS) is 1. The van der Waals surface area contributed by atoms with Gasteiger partial charge in [-0.1, -0.05) is 30.3 Å². The molecule has 1 aliphatic heterocycles. The van der Waals surface area contributed by atoms with Crippen LogP contribution in [0.3, 0.4) is 0 Å². The second-order valence-corrected chi connectivity index (χ2v) is 7.05. The Morgan fingerprint density at radius 3 is 2.21 bits per heavy atom. The van der Waals surface area contributed by atoms with E-state index in [-0.39, 0.29) is 6.09 Å². The summed E-state index contributed by atoms with van der Waals surface area (Å²) < 4.78 is 5.37. The average molecular weight is 334 g/mol. The van der Waals surface area contributed by atoms with Crippen LogP contribution in [-0.2, 0) is 16.0 Å². The first-order valence-corrected chi connectivity index (χ1v) is 8.25. The Bertz CT molecular complexity index is 560. The first kappa shape index (κ1) is 18.3. The van der Waals surface area contributed by atoms with Gasteiger partial charge in [-0.25, -0.2) is 4.79 Å². The summed E-state index contributed by atoms with van der Waals surface area (Å²) in [4.78, 5) is 27.3. The number of ether oxygens (including phenoxy) is 1. The van der Waals surface area contributed by atoms with E-state index in [4.69, 9.17) is 4.74 Å². The molecule has 1 aromatic rings.